The van der Waals surface area contributed by atoms with Crippen LogP contribution in [0.5, 0.6) is 5.75 Å². The van der Waals surface area contributed by atoms with Crippen molar-refractivity contribution in [3.63, 3.8) is 0 Å². The Morgan fingerprint density at radius 1 is 1.14 bits per heavy atom. The van der Waals surface area contributed by atoms with Gasteiger partial charge in [0, 0.05) is 6.54 Å². The van der Waals surface area contributed by atoms with Crippen LogP contribution in [0.1, 0.15) is 12.5 Å². The minimum absolute atomic E-state index is 0.0528. The van der Waals surface area contributed by atoms with E-state index in [9.17, 15) is 4.79 Å². The Labute approximate surface area is 131 Å². The van der Waals surface area contributed by atoms with Crippen molar-refractivity contribution in [3.8, 4) is 5.75 Å². The molecule has 1 atom stereocenters. The maximum atomic E-state index is 12.4. The lowest BCUT2D eigenvalue weighted by atomic mass is 10.2. The van der Waals surface area contributed by atoms with Gasteiger partial charge < -0.3 is 10.1 Å². The molecule has 0 spiro atoms. The van der Waals surface area contributed by atoms with Crippen molar-refractivity contribution in [2.45, 2.75) is 19.5 Å². The summed E-state index contributed by atoms with van der Waals surface area (Å²) in [5.41, 5.74) is 1.87. The maximum Gasteiger partial charge on any atom is 0.241 e. The molecule has 0 aromatic heterocycles. The first-order chi connectivity index (χ1) is 10.6. The molecule has 0 fully saturated rings. The van der Waals surface area contributed by atoms with Gasteiger partial charge in [-0.1, -0.05) is 42.5 Å². The molecule has 2 rings (SSSR count). The molecule has 0 aliphatic carbocycles. The molecular weight excluding hydrogens is 276 g/mol. The third-order valence-corrected chi connectivity index (χ3v) is 3.68. The second-order valence-electron chi connectivity index (χ2n) is 5.27. The van der Waals surface area contributed by atoms with E-state index in [1.807, 2.05) is 61.3 Å². The summed E-state index contributed by atoms with van der Waals surface area (Å²) in [5, 5.41) is 2.92. The molecular formula is C18H22N2O2. The Kier molecular flexibility index (Phi) is 5.55. The van der Waals surface area contributed by atoms with Gasteiger partial charge in [-0.2, -0.15) is 0 Å². The zero-order chi connectivity index (χ0) is 15.9. The lowest BCUT2D eigenvalue weighted by Crippen LogP contribution is -2.39. The number of carbonyl (C=O) groups excluding carboxylic acids is 1. The van der Waals surface area contributed by atoms with Crippen LogP contribution < -0.4 is 10.1 Å². The summed E-state index contributed by atoms with van der Waals surface area (Å²) in [4.78, 5) is 14.4. The van der Waals surface area contributed by atoms with Gasteiger partial charge in [-0.3, -0.25) is 9.69 Å². The standard InChI is InChI=1S/C18H22N2O2/c1-14(20(2)13-15-9-5-4-6-10-15)18(21)19-16-11-7-8-12-17(16)22-3/h4-12,14H,13H2,1-3H3,(H,19,21). The highest BCUT2D eigenvalue weighted by Gasteiger charge is 2.19. The van der Waals surface area contributed by atoms with Crippen LogP contribution in [0.2, 0.25) is 0 Å². The Morgan fingerprint density at radius 3 is 2.45 bits per heavy atom. The number of nitrogens with one attached hydrogen (secondary N) is 1. The fourth-order valence-electron chi connectivity index (χ4n) is 2.19. The molecule has 4 nitrogen and oxygen atoms in total. The zero-order valence-electron chi connectivity index (χ0n) is 13.2. The lowest BCUT2D eigenvalue weighted by Gasteiger charge is -2.24. The molecule has 0 aliphatic rings. The minimum atomic E-state index is -0.245. The number of anilines is 1. The van der Waals surface area contributed by atoms with Crippen LogP contribution in [0.15, 0.2) is 54.6 Å². The van der Waals surface area contributed by atoms with Crippen molar-refractivity contribution in [2.24, 2.45) is 0 Å². The summed E-state index contributed by atoms with van der Waals surface area (Å²) in [7, 11) is 3.54. The largest absolute Gasteiger partial charge is 0.495 e. The molecule has 2 aromatic carbocycles. The van der Waals surface area contributed by atoms with E-state index in [0.29, 0.717) is 11.4 Å². The number of benzene rings is 2. The third-order valence-electron chi connectivity index (χ3n) is 3.68. The average Bonchev–Trinajstić information content (AvgIpc) is 2.55. The van der Waals surface area contributed by atoms with Gasteiger partial charge in [0.25, 0.3) is 0 Å². The van der Waals surface area contributed by atoms with E-state index in [0.717, 1.165) is 6.54 Å². The molecule has 116 valence electrons. The second-order valence-corrected chi connectivity index (χ2v) is 5.27. The lowest BCUT2D eigenvalue weighted by molar-refractivity contribution is -0.120. The van der Waals surface area contributed by atoms with Gasteiger partial charge in [-0.15, -0.1) is 0 Å². The number of ether oxygens (including phenoxy) is 1. The number of nitrogens with zero attached hydrogens (tertiary/aromatic N) is 1. The number of carbonyl (C=O) groups is 1. The molecule has 1 N–H and O–H groups in total. The van der Waals surface area contributed by atoms with Gasteiger partial charge in [0.15, 0.2) is 0 Å². The van der Waals surface area contributed by atoms with E-state index in [1.54, 1.807) is 7.11 Å². The molecule has 0 saturated carbocycles. The summed E-state index contributed by atoms with van der Waals surface area (Å²) in [6, 6.07) is 17.3. The van der Waals surface area contributed by atoms with Crippen LogP contribution >= 0.6 is 0 Å². The number of hydrogen-bond donors (Lipinski definition) is 1. The number of rotatable bonds is 6. The first-order valence-electron chi connectivity index (χ1n) is 7.30. The molecule has 1 amide bonds. The van der Waals surface area contributed by atoms with Gasteiger partial charge >= 0.3 is 0 Å². The highest BCUT2D eigenvalue weighted by molar-refractivity contribution is 5.95. The summed E-state index contributed by atoms with van der Waals surface area (Å²) < 4.78 is 5.25. The van der Waals surface area contributed by atoms with E-state index >= 15 is 0 Å². The zero-order valence-corrected chi connectivity index (χ0v) is 13.2. The number of methoxy groups -OCH3 is 1. The molecule has 0 bridgehead atoms. The first-order valence-corrected chi connectivity index (χ1v) is 7.30. The fourth-order valence-corrected chi connectivity index (χ4v) is 2.19. The summed E-state index contributed by atoms with van der Waals surface area (Å²) in [5.74, 6) is 0.608. The van der Waals surface area contributed by atoms with Crippen LogP contribution in [0.4, 0.5) is 5.69 Å². The SMILES string of the molecule is COc1ccccc1NC(=O)C(C)N(C)Cc1ccccc1. The topological polar surface area (TPSA) is 41.6 Å². The van der Waals surface area contributed by atoms with Crippen LogP contribution in [0, 0.1) is 0 Å². The molecule has 1 unspecified atom stereocenters. The van der Waals surface area contributed by atoms with Crippen molar-refractivity contribution in [2.75, 3.05) is 19.5 Å². The molecule has 0 aliphatic heterocycles. The smallest absolute Gasteiger partial charge is 0.241 e. The number of amides is 1. The number of hydrogen-bond acceptors (Lipinski definition) is 3. The summed E-state index contributed by atoms with van der Waals surface area (Å²) in [6.07, 6.45) is 0. The monoisotopic (exact) mass is 298 g/mol. The van der Waals surface area contributed by atoms with E-state index < -0.39 is 0 Å². The first kappa shape index (κ1) is 16.0. The Morgan fingerprint density at radius 2 is 1.77 bits per heavy atom. The van der Waals surface area contributed by atoms with E-state index in [1.165, 1.54) is 5.56 Å². The maximum absolute atomic E-state index is 12.4. The van der Waals surface area contributed by atoms with Crippen LogP contribution in [0.25, 0.3) is 0 Å². The summed E-state index contributed by atoms with van der Waals surface area (Å²) in [6.45, 7) is 2.62. The molecule has 0 heterocycles. The van der Waals surface area contributed by atoms with Crippen LogP contribution in [0.3, 0.4) is 0 Å². The van der Waals surface area contributed by atoms with Gasteiger partial charge in [-0.05, 0) is 31.7 Å². The predicted molar refractivity (Wildman–Crippen MR) is 89.0 cm³/mol. The van der Waals surface area contributed by atoms with E-state index in [4.69, 9.17) is 4.74 Å². The number of likely N-dealkylation sites (N-methyl/N-ethyl adjacent to an activating group) is 1. The molecule has 0 saturated heterocycles. The van der Waals surface area contributed by atoms with Crippen molar-refractivity contribution in [1.82, 2.24) is 4.90 Å². The van der Waals surface area contributed by atoms with Crippen LogP contribution in [-0.2, 0) is 11.3 Å². The van der Waals surface area contributed by atoms with Crippen LogP contribution in [-0.4, -0.2) is 31.0 Å². The Hall–Kier alpha value is -2.33. The van der Waals surface area contributed by atoms with Crippen molar-refractivity contribution in [3.05, 3.63) is 60.2 Å². The van der Waals surface area contributed by atoms with Gasteiger partial charge in [0.05, 0.1) is 18.8 Å². The Balaban J connectivity index is 1.99. The second kappa shape index (κ2) is 7.61. The predicted octanol–water partition coefficient (Wildman–Crippen LogP) is 3.15. The van der Waals surface area contributed by atoms with Gasteiger partial charge in [-0.25, -0.2) is 0 Å². The fraction of sp³-hybridized carbons (Fsp3) is 0.278. The van der Waals surface area contributed by atoms with Gasteiger partial charge in [0.2, 0.25) is 5.91 Å². The van der Waals surface area contributed by atoms with Gasteiger partial charge in [0.1, 0.15) is 5.75 Å². The highest BCUT2D eigenvalue weighted by atomic mass is 16.5. The molecule has 0 radical (unpaired) electrons. The Bertz CT molecular complexity index is 613. The quantitative estimate of drug-likeness (QED) is 0.890. The minimum Gasteiger partial charge on any atom is -0.495 e. The van der Waals surface area contributed by atoms with Crippen molar-refractivity contribution < 1.29 is 9.53 Å². The normalized spacial score (nSPS) is 12.0. The van der Waals surface area contributed by atoms with Crippen molar-refractivity contribution in [1.29, 1.82) is 0 Å². The highest BCUT2D eigenvalue weighted by Crippen LogP contribution is 2.23. The summed E-state index contributed by atoms with van der Waals surface area (Å²) >= 11 is 0. The van der Waals surface area contributed by atoms with E-state index in [2.05, 4.69) is 17.4 Å². The third kappa shape index (κ3) is 4.09. The van der Waals surface area contributed by atoms with E-state index in [-0.39, 0.29) is 11.9 Å². The number of para-hydroxylation sites is 2. The average molecular weight is 298 g/mol. The molecule has 2 aromatic rings. The molecule has 4 heteroatoms. The van der Waals surface area contributed by atoms with Crippen molar-refractivity contribution >= 4 is 11.6 Å². The molecule has 22 heavy (non-hydrogen) atoms.